The molecule has 92 valence electrons. The lowest BCUT2D eigenvalue weighted by Crippen LogP contribution is -2.48. The minimum Gasteiger partial charge on any atom is -0.394 e. The SMILES string of the molecule is O=Cc1c(Cl)ncnc1N1CCOCC1CO. The molecule has 2 rings (SSSR count). The van der Waals surface area contributed by atoms with Crippen LogP contribution in [0.2, 0.25) is 5.15 Å². The Labute approximate surface area is 103 Å². The van der Waals surface area contributed by atoms with Crippen molar-refractivity contribution in [1.29, 1.82) is 0 Å². The molecule has 1 atom stereocenters. The topological polar surface area (TPSA) is 75.6 Å². The van der Waals surface area contributed by atoms with Crippen molar-refractivity contribution in [2.24, 2.45) is 0 Å². The van der Waals surface area contributed by atoms with Gasteiger partial charge in [-0.15, -0.1) is 0 Å². The number of rotatable bonds is 3. The largest absolute Gasteiger partial charge is 0.394 e. The fourth-order valence-corrected chi connectivity index (χ4v) is 1.95. The molecule has 17 heavy (non-hydrogen) atoms. The lowest BCUT2D eigenvalue weighted by atomic mass is 10.2. The molecule has 0 spiro atoms. The lowest BCUT2D eigenvalue weighted by Gasteiger charge is -2.35. The van der Waals surface area contributed by atoms with Crippen molar-refractivity contribution >= 4 is 23.7 Å². The Hall–Kier alpha value is -1.24. The number of morpholine rings is 1. The maximum Gasteiger partial charge on any atom is 0.156 e. The third-order valence-electron chi connectivity index (χ3n) is 2.64. The van der Waals surface area contributed by atoms with Crippen molar-refractivity contribution in [3.8, 4) is 0 Å². The fourth-order valence-electron chi connectivity index (χ4n) is 1.78. The van der Waals surface area contributed by atoms with Crippen LogP contribution in [0.25, 0.3) is 0 Å². The number of aliphatic hydroxyl groups is 1. The lowest BCUT2D eigenvalue weighted by molar-refractivity contribution is 0.0721. The molecule has 0 bridgehead atoms. The summed E-state index contributed by atoms with van der Waals surface area (Å²) in [5, 5.41) is 9.39. The highest BCUT2D eigenvalue weighted by molar-refractivity contribution is 6.32. The summed E-state index contributed by atoms with van der Waals surface area (Å²) in [7, 11) is 0. The zero-order valence-electron chi connectivity index (χ0n) is 9.04. The number of carbonyl (C=O) groups excluding carboxylic acids is 1. The molecule has 2 heterocycles. The highest BCUT2D eigenvalue weighted by Crippen LogP contribution is 2.24. The molecule has 1 saturated heterocycles. The van der Waals surface area contributed by atoms with Gasteiger partial charge in [-0.2, -0.15) is 0 Å². The first-order valence-electron chi connectivity index (χ1n) is 5.19. The van der Waals surface area contributed by atoms with Crippen molar-refractivity contribution in [3.05, 3.63) is 17.0 Å². The Balaban J connectivity index is 2.37. The average molecular weight is 258 g/mol. The summed E-state index contributed by atoms with van der Waals surface area (Å²) in [5.41, 5.74) is 0.245. The van der Waals surface area contributed by atoms with Crippen LogP contribution in [0, 0.1) is 0 Å². The summed E-state index contributed by atoms with van der Waals surface area (Å²) in [6, 6.07) is -0.214. The second kappa shape index (κ2) is 5.39. The predicted molar refractivity (Wildman–Crippen MR) is 61.5 cm³/mol. The molecule has 0 aromatic carbocycles. The highest BCUT2D eigenvalue weighted by Gasteiger charge is 2.26. The van der Waals surface area contributed by atoms with E-state index in [2.05, 4.69) is 9.97 Å². The molecular weight excluding hydrogens is 246 g/mol. The quantitative estimate of drug-likeness (QED) is 0.613. The molecule has 1 fully saturated rings. The third-order valence-corrected chi connectivity index (χ3v) is 2.94. The summed E-state index contributed by atoms with van der Waals surface area (Å²) in [5.74, 6) is 0.447. The number of ether oxygens (including phenoxy) is 1. The Morgan fingerprint density at radius 2 is 2.47 bits per heavy atom. The van der Waals surface area contributed by atoms with E-state index in [-0.39, 0.29) is 23.4 Å². The molecule has 0 aliphatic carbocycles. The van der Waals surface area contributed by atoms with Crippen LogP contribution in [0.15, 0.2) is 6.33 Å². The van der Waals surface area contributed by atoms with Crippen LogP contribution in [-0.4, -0.2) is 53.8 Å². The average Bonchev–Trinajstić information content (AvgIpc) is 2.38. The highest BCUT2D eigenvalue weighted by atomic mass is 35.5. The van der Waals surface area contributed by atoms with Gasteiger partial charge in [-0.3, -0.25) is 4.79 Å². The summed E-state index contributed by atoms with van der Waals surface area (Å²) in [6.07, 6.45) is 1.93. The first-order chi connectivity index (χ1) is 8.27. The summed E-state index contributed by atoms with van der Waals surface area (Å²) >= 11 is 5.84. The van der Waals surface area contributed by atoms with Crippen LogP contribution in [0.3, 0.4) is 0 Å². The van der Waals surface area contributed by atoms with Crippen molar-refractivity contribution in [1.82, 2.24) is 9.97 Å². The molecule has 1 aromatic heterocycles. The maximum atomic E-state index is 11.0. The minimum atomic E-state index is -0.214. The molecule has 0 saturated carbocycles. The van der Waals surface area contributed by atoms with Crippen LogP contribution in [0.5, 0.6) is 0 Å². The van der Waals surface area contributed by atoms with Gasteiger partial charge in [0.1, 0.15) is 17.3 Å². The second-order valence-electron chi connectivity index (χ2n) is 3.62. The van der Waals surface area contributed by atoms with Gasteiger partial charge >= 0.3 is 0 Å². The van der Waals surface area contributed by atoms with Crippen LogP contribution < -0.4 is 4.90 Å². The molecule has 1 aromatic rings. The van der Waals surface area contributed by atoms with Gasteiger partial charge in [-0.1, -0.05) is 11.6 Å². The Kier molecular flexibility index (Phi) is 3.88. The number of nitrogens with zero attached hydrogens (tertiary/aromatic N) is 3. The number of hydrogen-bond acceptors (Lipinski definition) is 6. The van der Waals surface area contributed by atoms with Crippen LogP contribution in [-0.2, 0) is 4.74 Å². The minimum absolute atomic E-state index is 0.0695. The molecule has 0 amide bonds. The van der Waals surface area contributed by atoms with Crippen molar-refractivity contribution in [2.75, 3.05) is 31.3 Å². The molecule has 0 radical (unpaired) electrons. The summed E-state index contributed by atoms with van der Waals surface area (Å²) in [6.45, 7) is 1.41. The van der Waals surface area contributed by atoms with Crippen molar-refractivity contribution in [3.63, 3.8) is 0 Å². The van der Waals surface area contributed by atoms with E-state index in [1.807, 2.05) is 4.90 Å². The summed E-state index contributed by atoms with van der Waals surface area (Å²) in [4.78, 5) is 20.6. The Bertz CT molecular complexity index is 416. The van der Waals surface area contributed by atoms with Gasteiger partial charge in [0.05, 0.1) is 31.4 Å². The van der Waals surface area contributed by atoms with Crippen LogP contribution >= 0.6 is 11.6 Å². The number of anilines is 1. The van der Waals surface area contributed by atoms with E-state index in [1.54, 1.807) is 0 Å². The van der Waals surface area contributed by atoms with Gasteiger partial charge < -0.3 is 14.7 Å². The fraction of sp³-hybridized carbons (Fsp3) is 0.500. The van der Waals surface area contributed by atoms with Crippen molar-refractivity contribution in [2.45, 2.75) is 6.04 Å². The smallest absolute Gasteiger partial charge is 0.156 e. The zero-order chi connectivity index (χ0) is 12.3. The van der Waals surface area contributed by atoms with E-state index in [9.17, 15) is 9.90 Å². The first kappa shape index (κ1) is 12.2. The number of aliphatic hydroxyl groups excluding tert-OH is 1. The molecule has 1 aliphatic rings. The number of hydrogen-bond donors (Lipinski definition) is 1. The molecule has 1 aliphatic heterocycles. The van der Waals surface area contributed by atoms with Gasteiger partial charge in [-0.25, -0.2) is 9.97 Å². The van der Waals surface area contributed by atoms with E-state index >= 15 is 0 Å². The van der Waals surface area contributed by atoms with Gasteiger partial charge in [-0.05, 0) is 0 Å². The summed E-state index contributed by atoms with van der Waals surface area (Å²) < 4.78 is 5.26. The first-order valence-corrected chi connectivity index (χ1v) is 5.56. The third kappa shape index (κ3) is 2.38. The van der Waals surface area contributed by atoms with E-state index in [0.717, 1.165) is 0 Å². The monoisotopic (exact) mass is 257 g/mol. The molecule has 1 unspecified atom stereocenters. The standard InChI is InChI=1S/C10H12ClN3O3/c11-9-8(4-16)10(13-6-12-9)14-1-2-17-5-7(14)3-15/h4,6-7,15H,1-3,5H2. The second-order valence-corrected chi connectivity index (χ2v) is 3.98. The van der Waals surface area contributed by atoms with E-state index in [0.29, 0.717) is 31.9 Å². The predicted octanol–water partition coefficient (Wildman–Crippen LogP) is 0.140. The van der Waals surface area contributed by atoms with Crippen LogP contribution in [0.1, 0.15) is 10.4 Å². The molecular formula is C10H12ClN3O3. The number of aromatic nitrogens is 2. The van der Waals surface area contributed by atoms with Gasteiger partial charge in [0, 0.05) is 6.54 Å². The zero-order valence-corrected chi connectivity index (χ0v) is 9.80. The van der Waals surface area contributed by atoms with E-state index in [1.165, 1.54) is 6.33 Å². The molecule has 7 heteroatoms. The Morgan fingerprint density at radius 1 is 1.65 bits per heavy atom. The number of halogens is 1. The molecule has 6 nitrogen and oxygen atoms in total. The van der Waals surface area contributed by atoms with E-state index in [4.69, 9.17) is 16.3 Å². The normalized spacial score (nSPS) is 20.4. The molecule has 1 N–H and O–H groups in total. The van der Waals surface area contributed by atoms with Crippen LogP contribution in [0.4, 0.5) is 5.82 Å². The van der Waals surface area contributed by atoms with Crippen molar-refractivity contribution < 1.29 is 14.6 Å². The van der Waals surface area contributed by atoms with Gasteiger partial charge in [0.2, 0.25) is 0 Å². The number of carbonyl (C=O) groups is 1. The number of aldehydes is 1. The van der Waals surface area contributed by atoms with E-state index < -0.39 is 0 Å². The van der Waals surface area contributed by atoms with Gasteiger partial charge in [0.25, 0.3) is 0 Å². The maximum absolute atomic E-state index is 11.0. The Morgan fingerprint density at radius 3 is 3.18 bits per heavy atom. The van der Waals surface area contributed by atoms with Gasteiger partial charge in [0.15, 0.2) is 6.29 Å².